The summed E-state index contributed by atoms with van der Waals surface area (Å²) in [6.45, 7) is 3.12. The van der Waals surface area contributed by atoms with Crippen molar-refractivity contribution in [3.63, 3.8) is 0 Å². The monoisotopic (exact) mass is 289 g/mol. The van der Waals surface area contributed by atoms with Gasteiger partial charge in [0.05, 0.1) is 5.41 Å². The molecule has 7 nitrogen and oxygen atoms in total. The molecule has 1 aromatic heterocycles. The van der Waals surface area contributed by atoms with Gasteiger partial charge in [-0.3, -0.25) is 14.9 Å². The molecule has 2 N–H and O–H groups in total. The molecule has 1 unspecified atom stereocenters. The highest BCUT2D eigenvalue weighted by molar-refractivity contribution is 5.95. The van der Waals surface area contributed by atoms with Gasteiger partial charge in [0.1, 0.15) is 0 Å². The van der Waals surface area contributed by atoms with Crippen LogP contribution in [0.1, 0.15) is 24.7 Å². The molecule has 0 aliphatic heterocycles. The van der Waals surface area contributed by atoms with Crippen LogP contribution < -0.4 is 5.32 Å². The van der Waals surface area contributed by atoms with Crippen molar-refractivity contribution in [3.05, 3.63) is 41.7 Å². The first-order valence-electron chi connectivity index (χ1n) is 6.31. The Morgan fingerprint density at radius 3 is 2.52 bits per heavy atom. The molecule has 2 rings (SSSR count). The first kappa shape index (κ1) is 14.7. The lowest BCUT2D eigenvalue weighted by molar-refractivity contribution is -0.145. The summed E-state index contributed by atoms with van der Waals surface area (Å²) in [5.41, 5.74) is -0.783. The lowest BCUT2D eigenvalue weighted by Crippen LogP contribution is -2.36. The molecule has 0 aliphatic carbocycles. The molecule has 1 amide bonds. The maximum absolute atomic E-state index is 12.0. The average Bonchev–Trinajstić information content (AvgIpc) is 2.84. The van der Waals surface area contributed by atoms with E-state index in [4.69, 9.17) is 4.52 Å². The zero-order valence-corrected chi connectivity index (χ0v) is 11.7. The van der Waals surface area contributed by atoms with E-state index in [1.165, 1.54) is 6.92 Å². The molecule has 0 saturated heterocycles. The van der Waals surface area contributed by atoms with Gasteiger partial charge in [-0.15, -0.1) is 0 Å². The third-order valence-corrected chi connectivity index (χ3v) is 3.17. The van der Waals surface area contributed by atoms with Gasteiger partial charge in [0.15, 0.2) is 5.82 Å². The van der Waals surface area contributed by atoms with E-state index in [1.807, 2.05) is 0 Å². The van der Waals surface area contributed by atoms with E-state index < -0.39 is 17.3 Å². The largest absolute Gasteiger partial charge is 0.481 e. The van der Waals surface area contributed by atoms with Gasteiger partial charge in [-0.2, -0.15) is 4.98 Å². The molecule has 0 saturated carbocycles. The van der Waals surface area contributed by atoms with Crippen molar-refractivity contribution in [1.82, 2.24) is 10.1 Å². The SMILES string of the molecule is Cc1noc(NC(=O)CC(C)(C(=O)O)c2ccccc2)n1. The number of aromatic nitrogens is 2. The number of nitrogens with zero attached hydrogens (tertiary/aromatic N) is 2. The second kappa shape index (κ2) is 5.74. The Hall–Kier alpha value is -2.70. The number of carbonyl (C=O) groups is 2. The highest BCUT2D eigenvalue weighted by Gasteiger charge is 2.37. The predicted molar refractivity (Wildman–Crippen MR) is 73.7 cm³/mol. The fourth-order valence-corrected chi connectivity index (χ4v) is 1.94. The Kier molecular flexibility index (Phi) is 4.02. The van der Waals surface area contributed by atoms with Gasteiger partial charge in [-0.25, -0.2) is 0 Å². The number of carbonyl (C=O) groups excluding carboxylic acids is 1. The molecule has 1 aromatic carbocycles. The van der Waals surface area contributed by atoms with Crippen LogP contribution in [-0.2, 0) is 15.0 Å². The minimum atomic E-state index is -1.33. The molecular formula is C14H15N3O4. The van der Waals surface area contributed by atoms with Gasteiger partial charge >= 0.3 is 12.0 Å². The number of carboxylic acids is 1. The fourth-order valence-electron chi connectivity index (χ4n) is 1.94. The maximum Gasteiger partial charge on any atom is 0.328 e. The third-order valence-electron chi connectivity index (χ3n) is 3.17. The van der Waals surface area contributed by atoms with Crippen LogP contribution >= 0.6 is 0 Å². The van der Waals surface area contributed by atoms with Crippen molar-refractivity contribution in [1.29, 1.82) is 0 Å². The second-order valence-corrected chi connectivity index (χ2v) is 4.87. The maximum atomic E-state index is 12.0. The summed E-state index contributed by atoms with van der Waals surface area (Å²) in [5.74, 6) is -1.20. The van der Waals surface area contributed by atoms with Gasteiger partial charge in [-0.1, -0.05) is 35.5 Å². The Morgan fingerprint density at radius 1 is 1.33 bits per heavy atom. The highest BCUT2D eigenvalue weighted by Crippen LogP contribution is 2.28. The van der Waals surface area contributed by atoms with E-state index in [1.54, 1.807) is 37.3 Å². The van der Waals surface area contributed by atoms with Crippen LogP contribution in [-0.4, -0.2) is 27.1 Å². The summed E-state index contributed by atoms with van der Waals surface area (Å²) in [5, 5.41) is 15.4. The highest BCUT2D eigenvalue weighted by atomic mass is 16.5. The van der Waals surface area contributed by atoms with Crippen LogP contribution in [0.4, 0.5) is 6.01 Å². The van der Waals surface area contributed by atoms with Crippen LogP contribution in [0.2, 0.25) is 0 Å². The summed E-state index contributed by atoms with van der Waals surface area (Å²) in [6, 6.07) is 8.56. The molecular weight excluding hydrogens is 274 g/mol. The molecule has 1 atom stereocenters. The standard InChI is InChI=1S/C14H15N3O4/c1-9-15-13(21-17-9)16-11(18)8-14(2,12(19)20)10-6-4-3-5-7-10/h3-7H,8H2,1-2H3,(H,19,20)(H,15,16,17,18). The quantitative estimate of drug-likeness (QED) is 0.868. The predicted octanol–water partition coefficient (Wildman–Crippen LogP) is 1.75. The van der Waals surface area contributed by atoms with E-state index in [2.05, 4.69) is 15.5 Å². The van der Waals surface area contributed by atoms with E-state index in [0.717, 1.165) is 0 Å². The summed E-state index contributed by atoms with van der Waals surface area (Å²) in [7, 11) is 0. The van der Waals surface area contributed by atoms with Crippen molar-refractivity contribution >= 4 is 17.9 Å². The van der Waals surface area contributed by atoms with Gasteiger partial charge in [0.25, 0.3) is 0 Å². The number of aliphatic carboxylic acids is 1. The summed E-state index contributed by atoms with van der Waals surface area (Å²) < 4.78 is 4.78. The van der Waals surface area contributed by atoms with E-state index in [9.17, 15) is 14.7 Å². The lowest BCUT2D eigenvalue weighted by atomic mass is 9.79. The molecule has 110 valence electrons. The second-order valence-electron chi connectivity index (χ2n) is 4.87. The molecule has 2 aromatic rings. The van der Waals surface area contributed by atoms with Crippen molar-refractivity contribution in [2.45, 2.75) is 25.7 Å². The van der Waals surface area contributed by atoms with E-state index >= 15 is 0 Å². The van der Waals surface area contributed by atoms with Gasteiger partial charge < -0.3 is 9.63 Å². The van der Waals surface area contributed by atoms with Crippen LogP contribution in [0.5, 0.6) is 0 Å². The summed E-state index contributed by atoms with van der Waals surface area (Å²) >= 11 is 0. The minimum absolute atomic E-state index is 0.0432. The van der Waals surface area contributed by atoms with Crippen LogP contribution in [0.3, 0.4) is 0 Å². The van der Waals surface area contributed by atoms with E-state index in [-0.39, 0.29) is 12.4 Å². The molecule has 7 heteroatoms. The average molecular weight is 289 g/mol. The summed E-state index contributed by atoms with van der Waals surface area (Å²) in [4.78, 5) is 27.4. The Labute approximate surface area is 121 Å². The number of anilines is 1. The Bertz CT molecular complexity index is 653. The number of amides is 1. The minimum Gasteiger partial charge on any atom is -0.481 e. The zero-order valence-electron chi connectivity index (χ0n) is 11.7. The number of hydrogen-bond donors (Lipinski definition) is 2. The molecule has 1 heterocycles. The van der Waals surface area contributed by atoms with Gasteiger partial charge in [0, 0.05) is 6.42 Å². The van der Waals surface area contributed by atoms with Crippen molar-refractivity contribution in [2.75, 3.05) is 5.32 Å². The number of nitrogens with one attached hydrogen (secondary N) is 1. The molecule has 21 heavy (non-hydrogen) atoms. The van der Waals surface area contributed by atoms with Crippen LogP contribution in [0.15, 0.2) is 34.9 Å². The molecule has 0 fully saturated rings. The smallest absolute Gasteiger partial charge is 0.328 e. The molecule has 0 aliphatic rings. The Balaban J connectivity index is 2.17. The first-order valence-corrected chi connectivity index (χ1v) is 6.31. The van der Waals surface area contributed by atoms with Crippen LogP contribution in [0.25, 0.3) is 0 Å². The van der Waals surface area contributed by atoms with E-state index in [0.29, 0.717) is 11.4 Å². The molecule has 0 radical (unpaired) electrons. The number of aryl methyl sites for hydroxylation is 1. The zero-order chi connectivity index (χ0) is 15.5. The molecule has 0 bridgehead atoms. The topological polar surface area (TPSA) is 105 Å². The number of carboxylic acid groups (broad SMARTS) is 1. The number of benzene rings is 1. The van der Waals surface area contributed by atoms with Crippen LogP contribution in [0, 0.1) is 6.92 Å². The third kappa shape index (κ3) is 3.25. The normalized spacial score (nSPS) is 13.4. The number of hydrogen-bond acceptors (Lipinski definition) is 5. The lowest BCUT2D eigenvalue weighted by Gasteiger charge is -2.24. The summed E-state index contributed by atoms with van der Waals surface area (Å²) in [6.07, 6.45) is -0.242. The number of rotatable bonds is 5. The fraction of sp³-hybridized carbons (Fsp3) is 0.286. The van der Waals surface area contributed by atoms with Crippen molar-refractivity contribution < 1.29 is 19.2 Å². The Morgan fingerprint density at radius 2 is 2.00 bits per heavy atom. The van der Waals surface area contributed by atoms with Crippen molar-refractivity contribution in [3.8, 4) is 0 Å². The molecule has 0 spiro atoms. The van der Waals surface area contributed by atoms with Gasteiger partial charge in [0.2, 0.25) is 5.91 Å². The first-order chi connectivity index (χ1) is 9.91. The van der Waals surface area contributed by atoms with Crippen molar-refractivity contribution in [2.24, 2.45) is 0 Å². The van der Waals surface area contributed by atoms with Gasteiger partial charge in [-0.05, 0) is 19.4 Å².